The van der Waals surface area contributed by atoms with Crippen molar-refractivity contribution >= 4 is 29.7 Å². The third-order valence-corrected chi connectivity index (χ3v) is 5.59. The number of thiophene rings is 1. The van der Waals surface area contributed by atoms with Crippen LogP contribution in [0.3, 0.4) is 0 Å². The molecule has 2 atom stereocenters. The minimum absolute atomic E-state index is 0. The van der Waals surface area contributed by atoms with Crippen molar-refractivity contribution in [3.05, 3.63) is 21.4 Å². The molecule has 1 aromatic rings. The van der Waals surface area contributed by atoms with Gasteiger partial charge in [0, 0.05) is 23.3 Å². The number of hydrogen-bond donors (Lipinski definition) is 1. The molecular weight excluding hydrogens is 292 g/mol. The Kier molecular flexibility index (Phi) is 5.10. The second-order valence-electron chi connectivity index (χ2n) is 6.04. The van der Waals surface area contributed by atoms with Crippen LogP contribution in [0.5, 0.6) is 0 Å². The molecule has 0 spiro atoms. The maximum atomic E-state index is 12.6. The molecule has 112 valence electrons. The van der Waals surface area contributed by atoms with Crippen molar-refractivity contribution in [2.24, 2.45) is 17.6 Å². The van der Waals surface area contributed by atoms with Gasteiger partial charge in [-0.25, -0.2) is 0 Å². The van der Waals surface area contributed by atoms with Crippen molar-refractivity contribution < 1.29 is 4.79 Å². The molecule has 5 heteroatoms. The molecule has 0 aromatic carbocycles. The van der Waals surface area contributed by atoms with Gasteiger partial charge in [0.1, 0.15) is 0 Å². The number of carbonyl (C=O) groups is 1. The number of halogens is 1. The average molecular weight is 315 g/mol. The molecule has 2 unspecified atom stereocenters. The summed E-state index contributed by atoms with van der Waals surface area (Å²) in [5.74, 6) is 1.50. The smallest absolute Gasteiger partial charge is 0.254 e. The van der Waals surface area contributed by atoms with Crippen molar-refractivity contribution in [3.63, 3.8) is 0 Å². The highest BCUT2D eigenvalue weighted by atomic mass is 35.5. The van der Waals surface area contributed by atoms with Crippen molar-refractivity contribution in [1.82, 2.24) is 4.90 Å². The molecule has 3 rings (SSSR count). The first-order chi connectivity index (χ1) is 9.19. The molecule has 0 bridgehead atoms. The lowest BCUT2D eigenvalue weighted by Crippen LogP contribution is -2.30. The molecule has 3 nitrogen and oxygen atoms in total. The van der Waals surface area contributed by atoms with Crippen LogP contribution in [0.25, 0.3) is 0 Å². The van der Waals surface area contributed by atoms with Crippen molar-refractivity contribution in [3.8, 4) is 0 Å². The minimum Gasteiger partial charge on any atom is -0.338 e. The van der Waals surface area contributed by atoms with Gasteiger partial charge >= 0.3 is 0 Å². The molecule has 20 heavy (non-hydrogen) atoms. The molecule has 2 aliphatic rings. The number of amides is 1. The zero-order chi connectivity index (χ0) is 13.4. The number of fused-ring (bicyclic) bond motifs is 1. The average Bonchev–Trinajstić information content (AvgIpc) is 3.03. The van der Waals surface area contributed by atoms with Gasteiger partial charge in [-0.15, -0.1) is 23.7 Å². The van der Waals surface area contributed by atoms with E-state index in [4.69, 9.17) is 5.73 Å². The number of hydrogen-bond acceptors (Lipinski definition) is 3. The second-order valence-corrected chi connectivity index (χ2v) is 7.00. The van der Waals surface area contributed by atoms with Crippen LogP contribution in [0, 0.1) is 11.8 Å². The monoisotopic (exact) mass is 314 g/mol. The maximum Gasteiger partial charge on any atom is 0.254 e. The first kappa shape index (κ1) is 15.8. The zero-order valence-corrected chi connectivity index (χ0v) is 13.6. The Hall–Kier alpha value is -0.580. The van der Waals surface area contributed by atoms with Crippen molar-refractivity contribution in [2.45, 2.75) is 32.6 Å². The van der Waals surface area contributed by atoms with Crippen LogP contribution in [-0.2, 0) is 12.8 Å². The topological polar surface area (TPSA) is 46.3 Å². The van der Waals surface area contributed by atoms with Crippen LogP contribution in [0.15, 0.2) is 5.38 Å². The first-order valence-electron chi connectivity index (χ1n) is 7.27. The van der Waals surface area contributed by atoms with Gasteiger partial charge < -0.3 is 10.6 Å². The Bertz CT molecular complexity index is 488. The van der Waals surface area contributed by atoms with Crippen LogP contribution >= 0.6 is 23.7 Å². The largest absolute Gasteiger partial charge is 0.338 e. The SMILES string of the molecule is CC1CCc2c(C(=O)N3CCC(CN)C3)csc2C1.Cl. The van der Waals surface area contributed by atoms with Gasteiger partial charge in [0.15, 0.2) is 0 Å². The highest BCUT2D eigenvalue weighted by molar-refractivity contribution is 7.10. The molecule has 1 aliphatic carbocycles. The quantitative estimate of drug-likeness (QED) is 0.912. The van der Waals surface area contributed by atoms with Crippen LogP contribution in [0.1, 0.15) is 40.6 Å². The predicted octanol–water partition coefficient (Wildman–Crippen LogP) is 2.72. The summed E-state index contributed by atoms with van der Waals surface area (Å²) in [6.07, 6.45) is 4.51. The van der Waals surface area contributed by atoms with E-state index in [1.54, 1.807) is 11.3 Å². The molecule has 1 fully saturated rings. The number of nitrogens with zero attached hydrogens (tertiary/aromatic N) is 1. The summed E-state index contributed by atoms with van der Waals surface area (Å²) >= 11 is 1.78. The van der Waals surface area contributed by atoms with E-state index in [1.165, 1.54) is 16.9 Å². The summed E-state index contributed by atoms with van der Waals surface area (Å²) in [6.45, 7) is 4.72. The third kappa shape index (κ3) is 2.87. The fourth-order valence-corrected chi connectivity index (χ4v) is 4.47. The van der Waals surface area contributed by atoms with E-state index >= 15 is 0 Å². The van der Waals surface area contributed by atoms with E-state index in [0.717, 1.165) is 43.8 Å². The molecule has 0 saturated carbocycles. The summed E-state index contributed by atoms with van der Waals surface area (Å²) in [5.41, 5.74) is 8.02. The van der Waals surface area contributed by atoms with E-state index in [1.807, 2.05) is 4.90 Å². The number of carbonyl (C=O) groups excluding carboxylic acids is 1. The van der Waals surface area contributed by atoms with Gasteiger partial charge in [-0.1, -0.05) is 6.92 Å². The lowest BCUT2D eigenvalue weighted by Gasteiger charge is -2.21. The Balaban J connectivity index is 0.00000147. The highest BCUT2D eigenvalue weighted by Crippen LogP contribution is 2.34. The Morgan fingerprint density at radius 2 is 2.30 bits per heavy atom. The van der Waals surface area contributed by atoms with Gasteiger partial charge in [-0.05, 0) is 49.6 Å². The Morgan fingerprint density at radius 1 is 1.50 bits per heavy atom. The minimum atomic E-state index is 0. The van der Waals surface area contributed by atoms with Crippen molar-refractivity contribution in [2.75, 3.05) is 19.6 Å². The number of rotatable bonds is 2. The predicted molar refractivity (Wildman–Crippen MR) is 85.8 cm³/mol. The normalized spacial score (nSPS) is 25.2. The van der Waals surface area contributed by atoms with E-state index in [-0.39, 0.29) is 18.3 Å². The molecule has 1 aliphatic heterocycles. The van der Waals surface area contributed by atoms with Crippen LogP contribution in [-0.4, -0.2) is 30.4 Å². The lowest BCUT2D eigenvalue weighted by atomic mass is 9.88. The molecule has 0 radical (unpaired) electrons. The summed E-state index contributed by atoms with van der Waals surface area (Å²) in [7, 11) is 0. The van der Waals surface area contributed by atoms with Gasteiger partial charge in [-0.2, -0.15) is 0 Å². The molecule has 2 N–H and O–H groups in total. The van der Waals surface area contributed by atoms with E-state index in [9.17, 15) is 4.79 Å². The second kappa shape index (κ2) is 6.46. The van der Waals surface area contributed by atoms with Crippen LogP contribution in [0.2, 0.25) is 0 Å². The molecule has 1 amide bonds. The van der Waals surface area contributed by atoms with E-state index in [0.29, 0.717) is 12.5 Å². The molecular formula is C15H23ClN2OS. The fraction of sp³-hybridized carbons (Fsp3) is 0.667. The van der Waals surface area contributed by atoms with Gasteiger partial charge in [0.05, 0.1) is 5.56 Å². The third-order valence-electron chi connectivity index (χ3n) is 4.54. The van der Waals surface area contributed by atoms with Crippen LogP contribution < -0.4 is 5.73 Å². The molecule has 1 saturated heterocycles. The molecule has 2 heterocycles. The fourth-order valence-electron chi connectivity index (χ4n) is 3.24. The van der Waals surface area contributed by atoms with E-state index < -0.39 is 0 Å². The first-order valence-corrected chi connectivity index (χ1v) is 8.15. The number of nitrogens with two attached hydrogens (primary N) is 1. The highest BCUT2D eigenvalue weighted by Gasteiger charge is 2.30. The van der Waals surface area contributed by atoms with Gasteiger partial charge in [0.2, 0.25) is 0 Å². The lowest BCUT2D eigenvalue weighted by molar-refractivity contribution is 0.0786. The van der Waals surface area contributed by atoms with Gasteiger partial charge in [0.25, 0.3) is 5.91 Å². The van der Waals surface area contributed by atoms with Crippen LogP contribution in [0.4, 0.5) is 0 Å². The Labute approximate surface area is 130 Å². The van der Waals surface area contributed by atoms with Gasteiger partial charge in [-0.3, -0.25) is 4.79 Å². The summed E-state index contributed by atoms with van der Waals surface area (Å²) in [4.78, 5) is 16.1. The van der Waals surface area contributed by atoms with Crippen molar-refractivity contribution in [1.29, 1.82) is 0 Å². The summed E-state index contributed by atoms with van der Waals surface area (Å²) < 4.78 is 0. The standard InChI is InChI=1S/C15H22N2OS.ClH/c1-10-2-3-12-13(9-19-14(12)6-10)15(18)17-5-4-11(7-16)8-17;/h9-11H,2-8,16H2,1H3;1H. The maximum absolute atomic E-state index is 12.6. The zero-order valence-electron chi connectivity index (χ0n) is 11.9. The van der Waals surface area contributed by atoms with E-state index in [2.05, 4.69) is 12.3 Å². The molecule has 1 aromatic heterocycles. The number of likely N-dealkylation sites (tertiary alicyclic amines) is 1. The summed E-state index contributed by atoms with van der Waals surface area (Å²) in [6, 6.07) is 0. The summed E-state index contributed by atoms with van der Waals surface area (Å²) in [5, 5.41) is 2.08. The Morgan fingerprint density at radius 3 is 3.00 bits per heavy atom.